The van der Waals surface area contributed by atoms with Crippen molar-refractivity contribution in [2.75, 3.05) is 5.32 Å². The lowest BCUT2D eigenvalue weighted by atomic mass is 10.1. The van der Waals surface area contributed by atoms with Crippen molar-refractivity contribution in [3.63, 3.8) is 0 Å². The minimum Gasteiger partial charge on any atom is -0.321 e. The molecule has 3 rings (SSSR count). The van der Waals surface area contributed by atoms with Gasteiger partial charge in [-0.1, -0.05) is 11.6 Å². The number of nitrogens with one attached hydrogen (secondary N) is 1. The zero-order valence-electron chi connectivity index (χ0n) is 11.4. The Morgan fingerprint density at radius 2 is 2.00 bits per heavy atom. The molecule has 3 aromatic rings. The third-order valence-corrected chi connectivity index (χ3v) is 3.42. The minimum absolute atomic E-state index is 0.0600. The van der Waals surface area contributed by atoms with Crippen molar-refractivity contribution in [3.05, 3.63) is 65.1 Å². The van der Waals surface area contributed by atoms with Gasteiger partial charge in [-0.3, -0.25) is 4.79 Å². The number of fused-ring (bicyclic) bond motifs is 1. The number of hydrogen-bond donors (Lipinski definition) is 1. The first-order chi connectivity index (χ1) is 10.8. The zero-order chi connectivity index (χ0) is 16.6. The van der Waals surface area contributed by atoms with E-state index in [1.54, 1.807) is 22.9 Å². The van der Waals surface area contributed by atoms with E-state index in [1.165, 1.54) is 18.3 Å². The molecule has 0 saturated heterocycles. The maximum atomic E-state index is 13.0. The Morgan fingerprint density at radius 3 is 2.74 bits per heavy atom. The van der Waals surface area contributed by atoms with Gasteiger partial charge in [0.1, 0.15) is 5.65 Å². The molecule has 23 heavy (non-hydrogen) atoms. The molecule has 0 aliphatic rings. The molecule has 0 saturated carbocycles. The molecule has 2 aromatic heterocycles. The molecule has 8 heteroatoms. The lowest BCUT2D eigenvalue weighted by molar-refractivity contribution is -0.136. The molecule has 2 heterocycles. The number of halogens is 4. The van der Waals surface area contributed by atoms with Crippen molar-refractivity contribution in [1.29, 1.82) is 0 Å². The number of amides is 1. The topological polar surface area (TPSA) is 46.4 Å². The number of hydrogen-bond acceptors (Lipinski definition) is 2. The highest BCUT2D eigenvalue weighted by Crippen LogP contribution is 2.36. The number of carbonyl (C=O) groups excluding carboxylic acids is 1. The first kappa shape index (κ1) is 15.4. The molecule has 4 nitrogen and oxygen atoms in total. The Hall–Kier alpha value is -2.54. The number of aromatic nitrogens is 2. The summed E-state index contributed by atoms with van der Waals surface area (Å²) in [5.41, 5.74) is -0.512. The summed E-state index contributed by atoms with van der Waals surface area (Å²) in [5.74, 6) is -0.659. The van der Waals surface area contributed by atoms with E-state index in [2.05, 4.69) is 10.3 Å². The van der Waals surface area contributed by atoms with Gasteiger partial charge in [-0.25, -0.2) is 4.98 Å². The Balaban J connectivity index is 1.93. The maximum absolute atomic E-state index is 13.0. The first-order valence-electron chi connectivity index (χ1n) is 6.45. The summed E-state index contributed by atoms with van der Waals surface area (Å²) in [6, 6.07) is 6.27. The number of alkyl halides is 3. The van der Waals surface area contributed by atoms with Crippen LogP contribution in [0.25, 0.3) is 5.65 Å². The van der Waals surface area contributed by atoms with Crippen LogP contribution >= 0.6 is 11.6 Å². The van der Waals surface area contributed by atoms with E-state index in [1.807, 2.05) is 0 Å². The van der Waals surface area contributed by atoms with Crippen molar-refractivity contribution in [2.45, 2.75) is 6.18 Å². The summed E-state index contributed by atoms with van der Waals surface area (Å²) in [6.45, 7) is 0. The fraction of sp³-hybridized carbons (Fsp3) is 0.0667. The van der Waals surface area contributed by atoms with E-state index in [0.29, 0.717) is 5.65 Å². The van der Waals surface area contributed by atoms with Crippen LogP contribution in [-0.4, -0.2) is 15.3 Å². The number of pyridine rings is 1. The monoisotopic (exact) mass is 339 g/mol. The lowest BCUT2D eigenvalue weighted by Gasteiger charge is -2.14. The van der Waals surface area contributed by atoms with Gasteiger partial charge in [0.25, 0.3) is 5.91 Å². The predicted octanol–water partition coefficient (Wildman–Crippen LogP) is 4.26. The van der Waals surface area contributed by atoms with Crippen LogP contribution in [0.15, 0.2) is 48.9 Å². The van der Waals surface area contributed by atoms with Gasteiger partial charge in [-0.05, 0) is 30.3 Å². The predicted molar refractivity (Wildman–Crippen MR) is 79.6 cm³/mol. The molecule has 1 aromatic carbocycles. The molecule has 0 bridgehead atoms. The fourth-order valence-corrected chi connectivity index (χ4v) is 2.28. The molecule has 0 aliphatic heterocycles. The van der Waals surface area contributed by atoms with E-state index < -0.39 is 17.6 Å². The summed E-state index contributed by atoms with van der Waals surface area (Å²) in [4.78, 5) is 16.2. The van der Waals surface area contributed by atoms with Gasteiger partial charge in [0.05, 0.1) is 16.8 Å². The Bertz CT molecular complexity index is 889. The molecule has 0 unspecified atom stereocenters. The van der Waals surface area contributed by atoms with Crippen LogP contribution in [0.5, 0.6) is 0 Å². The van der Waals surface area contributed by atoms with Crippen LogP contribution < -0.4 is 5.32 Å². The summed E-state index contributed by atoms with van der Waals surface area (Å²) in [6.07, 6.45) is 0.0518. The number of rotatable bonds is 2. The van der Waals surface area contributed by atoms with Crippen molar-refractivity contribution in [2.24, 2.45) is 0 Å². The van der Waals surface area contributed by atoms with E-state index in [4.69, 9.17) is 11.6 Å². The van der Waals surface area contributed by atoms with Gasteiger partial charge < -0.3 is 9.72 Å². The average molecular weight is 340 g/mol. The summed E-state index contributed by atoms with van der Waals surface area (Å²) >= 11 is 5.61. The number of nitrogens with zero attached hydrogens (tertiary/aromatic N) is 2. The van der Waals surface area contributed by atoms with Crippen LogP contribution in [0.2, 0.25) is 5.02 Å². The molecule has 0 atom stereocenters. The molecule has 0 radical (unpaired) electrons. The standard InChI is InChI=1S/C15H9ClF3N3O/c16-10-2-3-12(11(7-10)15(17,18)19)21-14(23)9-1-4-13-20-5-6-22(13)8-9/h1-8H,(H,21,23). The van der Waals surface area contributed by atoms with Gasteiger partial charge >= 0.3 is 6.18 Å². The number of imidazole rings is 1. The zero-order valence-corrected chi connectivity index (χ0v) is 12.2. The summed E-state index contributed by atoms with van der Waals surface area (Å²) < 4.78 is 40.7. The summed E-state index contributed by atoms with van der Waals surface area (Å²) in [5, 5.41) is 2.21. The van der Waals surface area contributed by atoms with Crippen molar-refractivity contribution >= 4 is 28.8 Å². The van der Waals surface area contributed by atoms with Crippen LogP contribution in [0.3, 0.4) is 0 Å². The van der Waals surface area contributed by atoms with E-state index in [-0.39, 0.29) is 16.3 Å². The summed E-state index contributed by atoms with van der Waals surface area (Å²) in [7, 11) is 0. The minimum atomic E-state index is -4.62. The number of carbonyl (C=O) groups is 1. The van der Waals surface area contributed by atoms with Gasteiger partial charge in [-0.15, -0.1) is 0 Å². The largest absolute Gasteiger partial charge is 0.418 e. The highest BCUT2D eigenvalue weighted by Gasteiger charge is 2.34. The molecule has 118 valence electrons. The third kappa shape index (κ3) is 3.14. The van der Waals surface area contributed by atoms with Crippen LogP contribution in [0.1, 0.15) is 15.9 Å². The first-order valence-corrected chi connectivity index (χ1v) is 6.83. The lowest BCUT2D eigenvalue weighted by Crippen LogP contribution is -2.17. The average Bonchev–Trinajstić information content (AvgIpc) is 2.95. The second-order valence-corrected chi connectivity index (χ2v) is 5.19. The van der Waals surface area contributed by atoms with Crippen LogP contribution in [-0.2, 0) is 6.18 Å². The third-order valence-electron chi connectivity index (χ3n) is 3.19. The molecule has 1 N–H and O–H groups in total. The van der Waals surface area contributed by atoms with Gasteiger partial charge in [0, 0.05) is 23.6 Å². The number of benzene rings is 1. The highest BCUT2D eigenvalue weighted by atomic mass is 35.5. The molecular formula is C15H9ClF3N3O. The van der Waals surface area contributed by atoms with Crippen molar-refractivity contribution in [3.8, 4) is 0 Å². The smallest absolute Gasteiger partial charge is 0.321 e. The van der Waals surface area contributed by atoms with Gasteiger partial charge in [0.15, 0.2) is 0 Å². The Kier molecular flexibility index (Phi) is 3.73. The SMILES string of the molecule is O=C(Nc1ccc(Cl)cc1C(F)(F)F)c1ccc2nccn2c1. The fourth-order valence-electron chi connectivity index (χ4n) is 2.11. The molecular weight excluding hydrogens is 331 g/mol. The molecule has 0 fully saturated rings. The van der Waals surface area contributed by atoms with Crippen molar-refractivity contribution in [1.82, 2.24) is 9.38 Å². The highest BCUT2D eigenvalue weighted by molar-refractivity contribution is 6.30. The van der Waals surface area contributed by atoms with E-state index in [9.17, 15) is 18.0 Å². The van der Waals surface area contributed by atoms with E-state index >= 15 is 0 Å². The van der Waals surface area contributed by atoms with Crippen molar-refractivity contribution < 1.29 is 18.0 Å². The molecule has 0 aliphatic carbocycles. The maximum Gasteiger partial charge on any atom is 0.418 e. The Labute approximate surface area is 133 Å². The van der Waals surface area contributed by atoms with Crippen LogP contribution in [0.4, 0.5) is 18.9 Å². The van der Waals surface area contributed by atoms with Gasteiger partial charge in [-0.2, -0.15) is 13.2 Å². The van der Waals surface area contributed by atoms with Gasteiger partial charge in [0.2, 0.25) is 0 Å². The quantitative estimate of drug-likeness (QED) is 0.758. The Morgan fingerprint density at radius 1 is 1.22 bits per heavy atom. The van der Waals surface area contributed by atoms with Crippen LogP contribution in [0, 0.1) is 0 Å². The second kappa shape index (κ2) is 5.58. The molecule has 0 spiro atoms. The number of anilines is 1. The van der Waals surface area contributed by atoms with E-state index in [0.717, 1.165) is 12.1 Å². The normalized spacial score (nSPS) is 11.7. The molecule has 1 amide bonds. The second-order valence-electron chi connectivity index (χ2n) is 4.75.